The van der Waals surface area contributed by atoms with Gasteiger partial charge >= 0.3 is 0 Å². The van der Waals surface area contributed by atoms with Crippen LogP contribution in [0.2, 0.25) is 0 Å². The molecule has 1 aliphatic carbocycles. The second kappa shape index (κ2) is 12.4. The Labute approximate surface area is 286 Å². The smallest absolute Gasteiger partial charge is 0.265 e. The van der Waals surface area contributed by atoms with E-state index in [1.54, 1.807) is 11.3 Å². The summed E-state index contributed by atoms with van der Waals surface area (Å²) in [5.41, 5.74) is 9.32. The van der Waals surface area contributed by atoms with Crippen LogP contribution in [-0.4, -0.2) is 29.8 Å². The fraction of sp³-hybridized carbons (Fsp3) is 0.308. The molecule has 7 rings (SSSR count). The van der Waals surface area contributed by atoms with E-state index >= 15 is 0 Å². The first-order valence-electron chi connectivity index (χ1n) is 16.5. The minimum atomic E-state index is -4.03. The summed E-state index contributed by atoms with van der Waals surface area (Å²) in [7, 11) is -4.03. The van der Waals surface area contributed by atoms with Crippen LogP contribution in [0.5, 0.6) is 5.75 Å². The van der Waals surface area contributed by atoms with Crippen LogP contribution in [0.4, 0.5) is 5.69 Å². The zero-order chi connectivity index (χ0) is 33.8. The first-order chi connectivity index (χ1) is 22.9. The molecule has 0 unspecified atom stereocenters. The Balaban J connectivity index is 1.23. The van der Waals surface area contributed by atoms with Crippen molar-refractivity contribution >= 4 is 54.3 Å². The number of para-hydroxylation sites is 1. The van der Waals surface area contributed by atoms with Gasteiger partial charge in [0.1, 0.15) is 4.70 Å². The molecule has 2 aliphatic rings. The average molecular weight is 681 g/mol. The lowest BCUT2D eigenvalue weighted by Gasteiger charge is -2.30. The maximum Gasteiger partial charge on any atom is 0.265 e. The topological polar surface area (TPSA) is 75.7 Å². The molecule has 0 atom stereocenters. The number of nitrogens with zero attached hydrogens (tertiary/aromatic N) is 3. The second-order valence-corrected chi connectivity index (χ2v) is 16.5. The number of aryl methyl sites for hydroxylation is 3. The van der Waals surface area contributed by atoms with E-state index in [1.807, 2.05) is 0 Å². The minimum Gasteiger partial charge on any atom is -0.439 e. The summed E-state index contributed by atoms with van der Waals surface area (Å²) < 4.78 is 44.5. The van der Waals surface area contributed by atoms with E-state index in [0.29, 0.717) is 13.0 Å². The Morgan fingerprint density at radius 3 is 2.60 bits per heavy atom. The third kappa shape index (κ3) is 6.46. The maximum absolute atomic E-state index is 11.5. The fourth-order valence-corrected chi connectivity index (χ4v) is 8.83. The molecule has 0 bridgehead atoms. The summed E-state index contributed by atoms with van der Waals surface area (Å²) in [4.78, 5) is 2.25. The van der Waals surface area contributed by atoms with Crippen molar-refractivity contribution in [3.63, 3.8) is 0 Å². The number of anilines is 1. The summed E-state index contributed by atoms with van der Waals surface area (Å²) >= 11 is 1.72. The van der Waals surface area contributed by atoms with Crippen molar-refractivity contribution < 1.29 is 22.3 Å². The fourth-order valence-electron chi connectivity index (χ4n) is 7.09. The molecular formula is C39H42N3O4S2+. The van der Waals surface area contributed by atoms with Gasteiger partial charge in [-0.15, -0.1) is 0 Å². The summed E-state index contributed by atoms with van der Waals surface area (Å²) in [6.07, 6.45) is 11.0. The average Bonchev–Trinajstić information content (AvgIpc) is 3.69. The lowest BCUT2D eigenvalue weighted by molar-refractivity contribution is -0.668. The monoisotopic (exact) mass is 680 g/mol. The number of hydrogen-bond acceptors (Lipinski definition) is 5. The largest absolute Gasteiger partial charge is 0.439 e. The third-order valence-electron chi connectivity index (χ3n) is 9.39. The van der Waals surface area contributed by atoms with Crippen LogP contribution in [0.3, 0.4) is 0 Å². The van der Waals surface area contributed by atoms with E-state index in [9.17, 15) is 13.0 Å². The number of aromatic nitrogens is 2. The first-order valence-corrected chi connectivity index (χ1v) is 19.0. The lowest BCUT2D eigenvalue weighted by atomic mass is 9.75. The van der Waals surface area contributed by atoms with Gasteiger partial charge in [-0.05, 0) is 103 Å². The number of allylic oxidation sites excluding steroid dienone is 4. The number of thiazole rings is 1. The Morgan fingerprint density at radius 1 is 1.02 bits per heavy atom. The van der Waals surface area contributed by atoms with Crippen LogP contribution in [-0.2, 0) is 16.7 Å². The molecule has 3 heterocycles. The second-order valence-electron chi connectivity index (χ2n) is 13.8. The van der Waals surface area contributed by atoms with E-state index in [1.165, 1.54) is 37.9 Å². The van der Waals surface area contributed by atoms with Crippen LogP contribution in [0, 0.1) is 19.3 Å². The van der Waals surface area contributed by atoms with E-state index in [4.69, 9.17) is 4.74 Å². The number of rotatable bonds is 8. The van der Waals surface area contributed by atoms with Gasteiger partial charge in [0, 0.05) is 43.1 Å². The highest BCUT2D eigenvalue weighted by atomic mass is 32.2. The zero-order valence-electron chi connectivity index (χ0n) is 28.2. The van der Waals surface area contributed by atoms with Crippen molar-refractivity contribution in [3.8, 4) is 11.4 Å². The lowest BCUT2D eigenvalue weighted by Crippen LogP contribution is -2.36. The van der Waals surface area contributed by atoms with Gasteiger partial charge in [0.05, 0.1) is 17.0 Å². The van der Waals surface area contributed by atoms with Crippen molar-refractivity contribution in [1.29, 1.82) is 0 Å². The van der Waals surface area contributed by atoms with Crippen molar-refractivity contribution in [2.45, 2.75) is 60.4 Å². The molecule has 248 valence electrons. The normalized spacial score (nSPS) is 17.8. The van der Waals surface area contributed by atoms with Crippen LogP contribution < -0.4 is 14.2 Å². The highest BCUT2D eigenvalue weighted by Crippen LogP contribution is 2.44. The molecule has 2 aromatic heterocycles. The van der Waals surface area contributed by atoms with Gasteiger partial charge in [-0.2, -0.15) is 13.0 Å². The van der Waals surface area contributed by atoms with Gasteiger partial charge in [0.25, 0.3) is 15.1 Å². The highest BCUT2D eigenvalue weighted by Gasteiger charge is 2.30. The predicted octanol–water partition coefficient (Wildman–Crippen LogP) is 8.92. The molecule has 0 radical (unpaired) electrons. The molecule has 3 aromatic carbocycles. The van der Waals surface area contributed by atoms with E-state index in [2.05, 4.69) is 134 Å². The standard InChI is InChI=1S/C39H41N3O4S2/c1-6-40-33-23-31(41-16-14-30-10-7-8-11-32(30)41)12-13-35(33)46-37(40)21-28-20-29(25-39(4,5)24-28)22-38-42(15-9-17-48(43,44)45)34-18-26(2)27(3)19-36(34)47-38/h7-8,10-14,16,18-23H,6,9,15,17,24-25H2,1-5H3/p+1. The van der Waals surface area contributed by atoms with E-state index in [0.717, 1.165) is 52.9 Å². The third-order valence-corrected chi connectivity index (χ3v) is 11.3. The maximum atomic E-state index is 11.5. The van der Waals surface area contributed by atoms with E-state index < -0.39 is 10.1 Å². The molecular weight excluding hydrogens is 639 g/mol. The SMILES string of the molecule is CCN1/C(=C/C2=CC(=C\c3sc4cc(C)c(C)cc4[n+]3CCCS(=O)(=O)O)/CC(C)(C)C2)Oc2ccc(-n3ccc4ccccc43)cc21. The Morgan fingerprint density at radius 2 is 1.81 bits per heavy atom. The van der Waals surface area contributed by atoms with Gasteiger partial charge < -0.3 is 14.2 Å². The summed E-state index contributed by atoms with van der Waals surface area (Å²) in [5.74, 6) is 1.43. The van der Waals surface area contributed by atoms with Crippen molar-refractivity contribution in [1.82, 2.24) is 4.57 Å². The molecule has 0 saturated heterocycles. The minimum absolute atomic E-state index is 0.0395. The van der Waals surface area contributed by atoms with Crippen molar-refractivity contribution in [3.05, 3.63) is 112 Å². The van der Waals surface area contributed by atoms with Gasteiger partial charge in [-0.3, -0.25) is 4.55 Å². The van der Waals surface area contributed by atoms with Gasteiger partial charge in [0.2, 0.25) is 11.4 Å². The molecule has 9 heteroatoms. The van der Waals surface area contributed by atoms with E-state index in [-0.39, 0.29) is 11.2 Å². The Hall–Kier alpha value is -4.18. The molecule has 5 aromatic rings. The predicted molar refractivity (Wildman–Crippen MR) is 197 cm³/mol. The van der Waals surface area contributed by atoms with Crippen molar-refractivity contribution in [2.75, 3.05) is 17.2 Å². The first kappa shape index (κ1) is 32.4. The Bertz CT molecular complexity index is 2270. The molecule has 1 aliphatic heterocycles. The number of ether oxygens (including phenoxy) is 1. The van der Waals surface area contributed by atoms with Crippen LogP contribution in [0.1, 0.15) is 56.2 Å². The molecule has 0 spiro atoms. The molecule has 48 heavy (non-hydrogen) atoms. The van der Waals surface area contributed by atoms with Crippen LogP contribution >= 0.6 is 11.3 Å². The molecule has 0 amide bonds. The summed E-state index contributed by atoms with van der Waals surface area (Å²) in [5, 5.41) is 2.29. The molecule has 0 saturated carbocycles. The van der Waals surface area contributed by atoms with Crippen LogP contribution in [0.15, 0.2) is 96.0 Å². The summed E-state index contributed by atoms with van der Waals surface area (Å²) in [6, 6.07) is 21.4. The number of benzene rings is 3. The van der Waals surface area contributed by atoms with Gasteiger partial charge in [-0.1, -0.05) is 49.5 Å². The summed E-state index contributed by atoms with van der Waals surface area (Å²) in [6.45, 7) is 12.3. The van der Waals surface area contributed by atoms with Crippen molar-refractivity contribution in [2.24, 2.45) is 5.41 Å². The van der Waals surface area contributed by atoms with Crippen LogP contribution in [0.25, 0.3) is 32.9 Å². The highest BCUT2D eigenvalue weighted by molar-refractivity contribution is 7.85. The molecule has 7 nitrogen and oxygen atoms in total. The Kier molecular flexibility index (Phi) is 8.34. The van der Waals surface area contributed by atoms with Gasteiger partial charge in [0.15, 0.2) is 12.3 Å². The molecule has 0 fully saturated rings. The zero-order valence-corrected chi connectivity index (χ0v) is 29.8. The molecule has 1 N–H and O–H groups in total. The van der Waals surface area contributed by atoms with Gasteiger partial charge in [-0.25, -0.2) is 0 Å². The number of hydrogen-bond donors (Lipinski definition) is 1. The number of fused-ring (bicyclic) bond motifs is 3. The quantitative estimate of drug-likeness (QED) is 0.131.